The zero-order valence-corrected chi connectivity index (χ0v) is 13.5. The summed E-state index contributed by atoms with van der Waals surface area (Å²) in [5.74, 6) is 1.96. The molecule has 0 aliphatic rings. The summed E-state index contributed by atoms with van der Waals surface area (Å²) in [7, 11) is 0. The Kier molecular flexibility index (Phi) is 6.06. The van der Waals surface area contributed by atoms with Crippen molar-refractivity contribution in [3.8, 4) is 0 Å². The molecule has 1 aromatic rings. The van der Waals surface area contributed by atoms with E-state index in [-0.39, 0.29) is 0 Å². The lowest BCUT2D eigenvalue weighted by Gasteiger charge is -2.29. The van der Waals surface area contributed by atoms with Gasteiger partial charge in [-0.3, -0.25) is 0 Å². The van der Waals surface area contributed by atoms with Gasteiger partial charge in [-0.25, -0.2) is 0 Å². The zero-order chi connectivity index (χ0) is 14.5. The minimum atomic E-state index is 0.382. The molecule has 0 aromatic heterocycles. The fourth-order valence-corrected chi connectivity index (χ4v) is 2.20. The normalized spacial score (nSPS) is 15.5. The van der Waals surface area contributed by atoms with Crippen LogP contribution in [-0.4, -0.2) is 13.1 Å². The van der Waals surface area contributed by atoms with Crippen LogP contribution in [0.5, 0.6) is 0 Å². The van der Waals surface area contributed by atoms with E-state index in [9.17, 15) is 0 Å². The van der Waals surface area contributed by atoms with Crippen LogP contribution < -0.4 is 5.32 Å². The fraction of sp³-hybridized carbons (Fsp3) is 0.667. The topological polar surface area (TPSA) is 12.0 Å². The van der Waals surface area contributed by atoms with Gasteiger partial charge >= 0.3 is 0 Å². The third-order valence-corrected chi connectivity index (χ3v) is 4.33. The second-order valence-corrected chi connectivity index (χ2v) is 7.19. The third kappa shape index (κ3) is 5.36. The van der Waals surface area contributed by atoms with Gasteiger partial charge in [0, 0.05) is 6.54 Å². The van der Waals surface area contributed by atoms with Gasteiger partial charge in [-0.15, -0.1) is 0 Å². The van der Waals surface area contributed by atoms with Crippen molar-refractivity contribution in [1.82, 2.24) is 5.32 Å². The second-order valence-electron chi connectivity index (χ2n) is 7.19. The SMILES string of the molecule is CC(C)C(CNCC(C)C(C)(C)C)c1ccccc1. The highest BCUT2D eigenvalue weighted by atomic mass is 14.9. The summed E-state index contributed by atoms with van der Waals surface area (Å²) >= 11 is 0. The summed E-state index contributed by atoms with van der Waals surface area (Å²) in [5.41, 5.74) is 1.83. The number of rotatable bonds is 6. The molecule has 0 bridgehead atoms. The third-order valence-electron chi connectivity index (χ3n) is 4.33. The molecule has 1 rings (SSSR count). The summed E-state index contributed by atoms with van der Waals surface area (Å²) in [5, 5.41) is 3.67. The van der Waals surface area contributed by atoms with E-state index < -0.39 is 0 Å². The number of hydrogen-bond donors (Lipinski definition) is 1. The highest BCUT2D eigenvalue weighted by Gasteiger charge is 2.21. The molecule has 1 nitrogen and oxygen atoms in total. The molecular formula is C18H31N. The predicted octanol–water partition coefficient (Wildman–Crippen LogP) is 4.70. The van der Waals surface area contributed by atoms with E-state index in [0.29, 0.717) is 23.2 Å². The smallest absolute Gasteiger partial charge is 0.00227 e. The van der Waals surface area contributed by atoms with Gasteiger partial charge in [-0.1, -0.05) is 71.9 Å². The summed E-state index contributed by atoms with van der Waals surface area (Å²) in [6.07, 6.45) is 0. The Morgan fingerprint density at radius 3 is 2.00 bits per heavy atom. The maximum Gasteiger partial charge on any atom is 0.00227 e. The van der Waals surface area contributed by atoms with Crippen LogP contribution in [0, 0.1) is 17.3 Å². The first-order valence-corrected chi connectivity index (χ1v) is 7.58. The lowest BCUT2D eigenvalue weighted by molar-refractivity contribution is 0.250. The molecule has 1 aromatic carbocycles. The monoisotopic (exact) mass is 261 g/mol. The summed E-state index contributed by atoms with van der Waals surface area (Å²) in [6, 6.07) is 10.9. The van der Waals surface area contributed by atoms with Crippen LogP contribution in [-0.2, 0) is 0 Å². The average molecular weight is 261 g/mol. The van der Waals surface area contributed by atoms with Crippen molar-refractivity contribution in [2.45, 2.75) is 47.5 Å². The zero-order valence-electron chi connectivity index (χ0n) is 13.5. The van der Waals surface area contributed by atoms with Crippen molar-refractivity contribution in [3.63, 3.8) is 0 Å². The Hall–Kier alpha value is -0.820. The van der Waals surface area contributed by atoms with Gasteiger partial charge < -0.3 is 5.32 Å². The van der Waals surface area contributed by atoms with Gasteiger partial charge in [-0.05, 0) is 35.3 Å². The molecule has 0 radical (unpaired) electrons. The highest BCUT2D eigenvalue weighted by molar-refractivity contribution is 5.20. The molecule has 2 atom stereocenters. The average Bonchev–Trinajstić information content (AvgIpc) is 2.33. The van der Waals surface area contributed by atoms with Crippen molar-refractivity contribution >= 4 is 0 Å². The van der Waals surface area contributed by atoms with Crippen LogP contribution in [0.15, 0.2) is 30.3 Å². The first-order chi connectivity index (χ1) is 8.82. The summed E-state index contributed by atoms with van der Waals surface area (Å²) < 4.78 is 0. The minimum absolute atomic E-state index is 0.382. The minimum Gasteiger partial charge on any atom is -0.316 e. The molecule has 0 aliphatic heterocycles. The van der Waals surface area contributed by atoms with E-state index in [2.05, 4.69) is 77.2 Å². The lowest BCUT2D eigenvalue weighted by Crippen LogP contribution is -2.33. The van der Waals surface area contributed by atoms with Crippen LogP contribution >= 0.6 is 0 Å². The first kappa shape index (κ1) is 16.2. The maximum atomic E-state index is 3.67. The molecule has 0 amide bonds. The summed E-state index contributed by atoms with van der Waals surface area (Å²) in [6.45, 7) is 16.1. The highest BCUT2D eigenvalue weighted by Crippen LogP contribution is 2.26. The molecule has 0 saturated carbocycles. The van der Waals surface area contributed by atoms with Crippen LogP contribution in [0.4, 0.5) is 0 Å². The van der Waals surface area contributed by atoms with E-state index in [1.165, 1.54) is 5.56 Å². The molecule has 0 spiro atoms. The van der Waals surface area contributed by atoms with Crippen LogP contribution in [0.1, 0.15) is 53.0 Å². The molecule has 1 heteroatoms. The largest absolute Gasteiger partial charge is 0.316 e. The molecule has 1 N–H and O–H groups in total. The summed E-state index contributed by atoms with van der Waals surface area (Å²) in [4.78, 5) is 0. The van der Waals surface area contributed by atoms with Crippen molar-refractivity contribution in [2.75, 3.05) is 13.1 Å². The standard InChI is InChI=1S/C18H31N/c1-14(2)17(16-10-8-7-9-11-16)13-19-12-15(3)18(4,5)6/h7-11,14-15,17,19H,12-13H2,1-6H3. The first-order valence-electron chi connectivity index (χ1n) is 7.58. The Morgan fingerprint density at radius 1 is 0.947 bits per heavy atom. The van der Waals surface area contributed by atoms with Crippen molar-refractivity contribution in [3.05, 3.63) is 35.9 Å². The molecular weight excluding hydrogens is 230 g/mol. The molecule has 2 unspecified atom stereocenters. The second kappa shape index (κ2) is 7.09. The van der Waals surface area contributed by atoms with Gasteiger partial charge in [0.15, 0.2) is 0 Å². The van der Waals surface area contributed by atoms with Crippen molar-refractivity contribution in [2.24, 2.45) is 17.3 Å². The molecule has 0 fully saturated rings. The maximum absolute atomic E-state index is 3.67. The van der Waals surface area contributed by atoms with Crippen molar-refractivity contribution < 1.29 is 0 Å². The van der Waals surface area contributed by atoms with Gasteiger partial charge in [0.2, 0.25) is 0 Å². The van der Waals surface area contributed by atoms with Gasteiger partial charge in [0.1, 0.15) is 0 Å². The van der Waals surface area contributed by atoms with Gasteiger partial charge in [-0.2, -0.15) is 0 Å². The molecule has 108 valence electrons. The van der Waals surface area contributed by atoms with E-state index in [0.717, 1.165) is 13.1 Å². The number of nitrogens with one attached hydrogen (secondary N) is 1. The number of benzene rings is 1. The van der Waals surface area contributed by atoms with Crippen LogP contribution in [0.2, 0.25) is 0 Å². The molecule has 0 saturated heterocycles. The van der Waals surface area contributed by atoms with Crippen LogP contribution in [0.3, 0.4) is 0 Å². The van der Waals surface area contributed by atoms with E-state index in [4.69, 9.17) is 0 Å². The lowest BCUT2D eigenvalue weighted by atomic mass is 9.82. The molecule has 19 heavy (non-hydrogen) atoms. The Morgan fingerprint density at radius 2 is 1.53 bits per heavy atom. The predicted molar refractivity (Wildman–Crippen MR) is 85.5 cm³/mol. The Bertz CT molecular complexity index is 348. The Labute approximate surface area is 119 Å². The molecule has 0 aliphatic carbocycles. The quantitative estimate of drug-likeness (QED) is 0.783. The van der Waals surface area contributed by atoms with Crippen LogP contribution in [0.25, 0.3) is 0 Å². The van der Waals surface area contributed by atoms with E-state index in [1.54, 1.807) is 0 Å². The fourth-order valence-electron chi connectivity index (χ4n) is 2.20. The van der Waals surface area contributed by atoms with E-state index >= 15 is 0 Å². The van der Waals surface area contributed by atoms with Gasteiger partial charge in [0.25, 0.3) is 0 Å². The Balaban J connectivity index is 2.53. The van der Waals surface area contributed by atoms with E-state index in [1.807, 2.05) is 0 Å². The molecule has 0 heterocycles. The number of hydrogen-bond acceptors (Lipinski definition) is 1. The van der Waals surface area contributed by atoms with Crippen molar-refractivity contribution in [1.29, 1.82) is 0 Å². The van der Waals surface area contributed by atoms with Gasteiger partial charge in [0.05, 0.1) is 0 Å².